The Morgan fingerprint density at radius 1 is 1.07 bits per heavy atom. The number of para-hydroxylation sites is 3. The van der Waals surface area contributed by atoms with Gasteiger partial charge in [-0.15, -0.1) is 0 Å². The molecule has 0 amide bonds. The summed E-state index contributed by atoms with van der Waals surface area (Å²) in [5.74, 6) is 2.20. The van der Waals surface area contributed by atoms with E-state index in [1.807, 2.05) is 31.2 Å². The molecule has 3 rings (SSSR count). The molecule has 1 aliphatic rings. The number of nitrogens with one attached hydrogen (secondary N) is 2. The van der Waals surface area contributed by atoms with E-state index in [-0.39, 0.29) is 6.10 Å². The van der Waals surface area contributed by atoms with Crippen LogP contribution in [0.1, 0.15) is 12.5 Å². The molecule has 0 bridgehead atoms. The van der Waals surface area contributed by atoms with E-state index in [1.54, 1.807) is 14.2 Å². The van der Waals surface area contributed by atoms with Gasteiger partial charge < -0.3 is 29.7 Å². The van der Waals surface area contributed by atoms with Crippen LogP contribution in [0.3, 0.4) is 0 Å². The molecule has 1 fully saturated rings. The summed E-state index contributed by atoms with van der Waals surface area (Å²) in [6, 6.07) is 16.1. The topological polar surface area (TPSA) is 67.4 Å². The van der Waals surface area contributed by atoms with Crippen LogP contribution in [-0.4, -0.2) is 59.1 Å². The summed E-state index contributed by atoms with van der Waals surface area (Å²) >= 11 is 0. The molecule has 0 radical (unpaired) electrons. The highest BCUT2D eigenvalue weighted by atomic mass is 16.5. The largest absolute Gasteiger partial charge is 0.493 e. The summed E-state index contributed by atoms with van der Waals surface area (Å²) in [4.78, 5) is 6.71. The summed E-state index contributed by atoms with van der Waals surface area (Å²) in [5.41, 5.74) is 2.48. The van der Waals surface area contributed by atoms with Gasteiger partial charge in [-0.2, -0.15) is 0 Å². The first-order valence-electron chi connectivity index (χ1n) is 10.4. The van der Waals surface area contributed by atoms with Gasteiger partial charge in [-0.25, -0.2) is 0 Å². The van der Waals surface area contributed by atoms with Gasteiger partial charge in [-0.1, -0.05) is 30.3 Å². The monoisotopic (exact) mass is 412 g/mol. The van der Waals surface area contributed by atoms with Crippen LogP contribution in [0.25, 0.3) is 0 Å². The second-order valence-corrected chi connectivity index (χ2v) is 7.11. The molecular weight excluding hydrogens is 380 g/mol. The zero-order chi connectivity index (χ0) is 21.2. The normalized spacial score (nSPS) is 15.4. The molecule has 2 N–H and O–H groups in total. The van der Waals surface area contributed by atoms with Crippen molar-refractivity contribution in [3.8, 4) is 11.5 Å². The van der Waals surface area contributed by atoms with Crippen molar-refractivity contribution in [2.75, 3.05) is 51.9 Å². The van der Waals surface area contributed by atoms with Crippen molar-refractivity contribution >= 4 is 11.6 Å². The molecule has 2 aromatic rings. The van der Waals surface area contributed by atoms with Gasteiger partial charge in [-0.3, -0.25) is 4.99 Å². The molecule has 0 saturated carbocycles. The Bertz CT molecular complexity index is 822. The highest BCUT2D eigenvalue weighted by Crippen LogP contribution is 2.26. The summed E-state index contributed by atoms with van der Waals surface area (Å²) < 4.78 is 16.8. The zero-order valence-corrected chi connectivity index (χ0v) is 18.1. The molecule has 1 aliphatic heterocycles. The number of benzene rings is 2. The van der Waals surface area contributed by atoms with Crippen LogP contribution in [0.2, 0.25) is 0 Å². The number of methoxy groups -OCH3 is 1. The quantitative estimate of drug-likeness (QED) is 0.513. The number of hydrogen-bond acceptors (Lipinski definition) is 5. The van der Waals surface area contributed by atoms with Crippen LogP contribution < -0.4 is 25.0 Å². The smallest absolute Gasteiger partial charge is 0.191 e. The molecule has 1 heterocycles. The van der Waals surface area contributed by atoms with Gasteiger partial charge in [0.1, 0.15) is 6.10 Å². The summed E-state index contributed by atoms with van der Waals surface area (Å²) in [6.07, 6.45) is -0.0551. The van der Waals surface area contributed by atoms with Crippen molar-refractivity contribution in [1.29, 1.82) is 0 Å². The van der Waals surface area contributed by atoms with E-state index in [0.717, 1.165) is 43.8 Å². The van der Waals surface area contributed by atoms with E-state index in [1.165, 1.54) is 11.3 Å². The zero-order valence-electron chi connectivity index (χ0n) is 18.1. The number of nitrogens with zero attached hydrogens (tertiary/aromatic N) is 2. The maximum absolute atomic E-state index is 6.00. The number of anilines is 1. The third-order valence-corrected chi connectivity index (χ3v) is 4.97. The molecule has 0 spiro atoms. The van der Waals surface area contributed by atoms with Crippen molar-refractivity contribution in [1.82, 2.24) is 10.6 Å². The van der Waals surface area contributed by atoms with Crippen LogP contribution in [-0.2, 0) is 11.3 Å². The predicted molar refractivity (Wildman–Crippen MR) is 121 cm³/mol. The minimum absolute atomic E-state index is 0.0551. The lowest BCUT2D eigenvalue weighted by Crippen LogP contribution is -2.42. The highest BCUT2D eigenvalue weighted by molar-refractivity contribution is 5.79. The predicted octanol–water partition coefficient (Wildman–Crippen LogP) is 2.66. The molecule has 1 unspecified atom stereocenters. The fraction of sp³-hybridized carbons (Fsp3) is 0.435. The van der Waals surface area contributed by atoms with Gasteiger partial charge in [0, 0.05) is 32.4 Å². The maximum atomic E-state index is 6.00. The van der Waals surface area contributed by atoms with Crippen molar-refractivity contribution in [2.24, 2.45) is 4.99 Å². The Labute approximate surface area is 179 Å². The second-order valence-electron chi connectivity index (χ2n) is 7.11. The molecular formula is C23H32N4O3. The van der Waals surface area contributed by atoms with Gasteiger partial charge in [0.05, 0.1) is 26.9 Å². The van der Waals surface area contributed by atoms with Gasteiger partial charge in [0.25, 0.3) is 0 Å². The number of ether oxygens (including phenoxy) is 3. The van der Waals surface area contributed by atoms with E-state index >= 15 is 0 Å². The van der Waals surface area contributed by atoms with E-state index in [2.05, 4.69) is 44.8 Å². The first kappa shape index (κ1) is 21.8. The van der Waals surface area contributed by atoms with Crippen molar-refractivity contribution < 1.29 is 14.2 Å². The van der Waals surface area contributed by atoms with E-state index < -0.39 is 0 Å². The Balaban J connectivity index is 1.52. The van der Waals surface area contributed by atoms with E-state index in [9.17, 15) is 0 Å². The lowest BCUT2D eigenvalue weighted by Gasteiger charge is -2.30. The summed E-state index contributed by atoms with van der Waals surface area (Å²) in [6.45, 7) is 6.70. The molecule has 0 aliphatic carbocycles. The Morgan fingerprint density at radius 3 is 2.50 bits per heavy atom. The molecule has 1 atom stereocenters. The van der Waals surface area contributed by atoms with E-state index in [4.69, 9.17) is 14.2 Å². The van der Waals surface area contributed by atoms with Gasteiger partial charge in [-0.05, 0) is 30.7 Å². The fourth-order valence-electron chi connectivity index (χ4n) is 3.39. The van der Waals surface area contributed by atoms with Crippen LogP contribution in [0.15, 0.2) is 53.5 Å². The number of aliphatic imine (C=N–C) groups is 1. The molecule has 1 saturated heterocycles. The van der Waals surface area contributed by atoms with Gasteiger partial charge in [0.15, 0.2) is 17.5 Å². The van der Waals surface area contributed by atoms with Crippen molar-refractivity contribution in [3.05, 3.63) is 54.1 Å². The Kier molecular flexibility index (Phi) is 8.20. The first-order chi connectivity index (χ1) is 14.7. The van der Waals surface area contributed by atoms with Gasteiger partial charge in [0.2, 0.25) is 0 Å². The van der Waals surface area contributed by atoms with Crippen LogP contribution in [0.4, 0.5) is 5.69 Å². The lowest BCUT2D eigenvalue weighted by atomic mass is 10.1. The van der Waals surface area contributed by atoms with Gasteiger partial charge >= 0.3 is 0 Å². The summed E-state index contributed by atoms with van der Waals surface area (Å²) in [5, 5.41) is 6.74. The average Bonchev–Trinajstić information content (AvgIpc) is 2.80. The standard InChI is InChI=1S/C23H32N4O3/c1-18(30-22-11-7-6-10-21(22)28-3)16-25-23(24-2)26-17-19-8-4-5-9-20(19)27-12-14-29-15-13-27/h4-11,18H,12-17H2,1-3H3,(H2,24,25,26). The number of hydrogen-bond donors (Lipinski definition) is 2. The molecule has 162 valence electrons. The summed E-state index contributed by atoms with van der Waals surface area (Å²) in [7, 11) is 3.42. The number of guanidine groups is 1. The SMILES string of the molecule is CN=C(NCc1ccccc1N1CCOCC1)NCC(C)Oc1ccccc1OC. The minimum Gasteiger partial charge on any atom is -0.493 e. The van der Waals surface area contributed by atoms with E-state index in [0.29, 0.717) is 13.1 Å². The number of rotatable bonds is 8. The minimum atomic E-state index is -0.0551. The molecule has 7 nitrogen and oxygen atoms in total. The van der Waals surface area contributed by atoms with Crippen LogP contribution in [0.5, 0.6) is 11.5 Å². The third kappa shape index (κ3) is 6.03. The third-order valence-electron chi connectivity index (χ3n) is 4.97. The Morgan fingerprint density at radius 2 is 1.77 bits per heavy atom. The molecule has 0 aromatic heterocycles. The van der Waals surface area contributed by atoms with Crippen LogP contribution >= 0.6 is 0 Å². The lowest BCUT2D eigenvalue weighted by molar-refractivity contribution is 0.122. The Hall–Kier alpha value is -2.93. The first-order valence-corrected chi connectivity index (χ1v) is 10.4. The second kappa shape index (κ2) is 11.3. The number of morpholine rings is 1. The average molecular weight is 413 g/mol. The maximum Gasteiger partial charge on any atom is 0.191 e. The fourth-order valence-corrected chi connectivity index (χ4v) is 3.39. The highest BCUT2D eigenvalue weighted by Gasteiger charge is 2.15. The molecule has 7 heteroatoms. The van der Waals surface area contributed by atoms with Crippen LogP contribution in [0, 0.1) is 0 Å². The molecule has 30 heavy (non-hydrogen) atoms. The van der Waals surface area contributed by atoms with Crippen molar-refractivity contribution in [3.63, 3.8) is 0 Å². The molecule has 2 aromatic carbocycles. The van der Waals surface area contributed by atoms with Crippen molar-refractivity contribution in [2.45, 2.75) is 19.6 Å².